The van der Waals surface area contributed by atoms with Crippen molar-refractivity contribution in [3.63, 3.8) is 0 Å². The summed E-state index contributed by atoms with van der Waals surface area (Å²) in [5.74, 6) is 0.112. The first-order valence-electron chi connectivity index (χ1n) is 7.56. The first-order valence-corrected chi connectivity index (χ1v) is 7.56. The van der Waals surface area contributed by atoms with E-state index in [4.69, 9.17) is 10.2 Å². The van der Waals surface area contributed by atoms with Gasteiger partial charge in [0.15, 0.2) is 0 Å². The lowest BCUT2D eigenvalue weighted by atomic mass is 10.1. The highest BCUT2D eigenvalue weighted by molar-refractivity contribution is 6.04. The number of amides is 2. The normalized spacial score (nSPS) is 20.8. The van der Waals surface area contributed by atoms with Gasteiger partial charge in [0.25, 0.3) is 5.91 Å². The third kappa shape index (κ3) is 2.98. The molecule has 0 saturated carbocycles. The van der Waals surface area contributed by atoms with Crippen molar-refractivity contribution in [2.75, 3.05) is 4.90 Å². The van der Waals surface area contributed by atoms with E-state index in [1.54, 1.807) is 11.0 Å². The Morgan fingerprint density at radius 2 is 2.13 bits per heavy atom. The second-order valence-corrected chi connectivity index (χ2v) is 5.66. The van der Waals surface area contributed by atoms with Gasteiger partial charge in [-0.15, -0.1) is 0 Å². The zero-order valence-electron chi connectivity index (χ0n) is 12.9. The van der Waals surface area contributed by atoms with Gasteiger partial charge in [0.2, 0.25) is 5.91 Å². The molecule has 0 spiro atoms. The minimum atomic E-state index is -0.533. The molecular weight excluding hydrogens is 294 g/mol. The lowest BCUT2D eigenvalue weighted by Gasteiger charge is -2.21. The van der Waals surface area contributed by atoms with E-state index in [0.29, 0.717) is 17.7 Å². The predicted octanol–water partition coefficient (Wildman–Crippen LogP) is 1.66. The minimum absolute atomic E-state index is 0.0270. The summed E-state index contributed by atoms with van der Waals surface area (Å²) in [4.78, 5) is 26.6. The zero-order valence-corrected chi connectivity index (χ0v) is 12.9. The Kier molecular flexibility index (Phi) is 4.16. The summed E-state index contributed by atoms with van der Waals surface area (Å²) in [6, 6.07) is 10.6. The molecule has 1 fully saturated rings. The van der Waals surface area contributed by atoms with Gasteiger partial charge in [-0.05, 0) is 31.5 Å². The molecule has 1 aliphatic heterocycles. The molecule has 2 amide bonds. The number of para-hydroxylation sites is 1. The second-order valence-electron chi connectivity index (χ2n) is 5.66. The topological polar surface area (TPSA) is 88.6 Å². The van der Waals surface area contributed by atoms with Crippen LogP contribution in [-0.2, 0) is 11.3 Å². The molecule has 0 aliphatic carbocycles. The van der Waals surface area contributed by atoms with Crippen LogP contribution in [0.1, 0.15) is 29.5 Å². The van der Waals surface area contributed by atoms with E-state index in [9.17, 15) is 9.59 Å². The van der Waals surface area contributed by atoms with Crippen LogP contribution in [0.2, 0.25) is 0 Å². The Balaban J connectivity index is 1.72. The number of furan rings is 1. The molecule has 0 radical (unpaired) electrons. The lowest BCUT2D eigenvalue weighted by Crippen LogP contribution is -2.41. The first-order chi connectivity index (χ1) is 11.1. The van der Waals surface area contributed by atoms with Crippen molar-refractivity contribution < 1.29 is 14.0 Å². The van der Waals surface area contributed by atoms with Crippen LogP contribution in [0, 0.1) is 0 Å². The van der Waals surface area contributed by atoms with E-state index in [0.717, 1.165) is 5.69 Å². The SMILES string of the molecule is CC1CC(NC(=O)c2coc(CN)c2)C(=O)N1c1ccccc1. The van der Waals surface area contributed by atoms with Gasteiger partial charge >= 0.3 is 0 Å². The average molecular weight is 313 g/mol. The van der Waals surface area contributed by atoms with Crippen molar-refractivity contribution in [1.29, 1.82) is 0 Å². The fourth-order valence-corrected chi connectivity index (χ4v) is 2.87. The summed E-state index contributed by atoms with van der Waals surface area (Å²) in [6.07, 6.45) is 1.93. The Labute approximate surface area is 134 Å². The van der Waals surface area contributed by atoms with Crippen LogP contribution in [0.5, 0.6) is 0 Å². The monoisotopic (exact) mass is 313 g/mol. The molecule has 1 saturated heterocycles. The van der Waals surface area contributed by atoms with Gasteiger partial charge in [-0.3, -0.25) is 9.59 Å². The number of carbonyl (C=O) groups excluding carboxylic acids is 2. The van der Waals surface area contributed by atoms with Gasteiger partial charge < -0.3 is 20.4 Å². The van der Waals surface area contributed by atoms with Crippen LogP contribution in [-0.4, -0.2) is 23.9 Å². The molecule has 6 heteroatoms. The molecule has 1 aromatic carbocycles. The number of nitrogens with zero attached hydrogens (tertiary/aromatic N) is 1. The molecule has 2 aromatic rings. The molecule has 2 heterocycles. The maximum absolute atomic E-state index is 12.6. The van der Waals surface area contributed by atoms with E-state index < -0.39 is 6.04 Å². The molecule has 120 valence electrons. The zero-order chi connectivity index (χ0) is 16.4. The Hall–Kier alpha value is -2.60. The number of anilines is 1. The maximum atomic E-state index is 12.6. The van der Waals surface area contributed by atoms with Crippen LogP contribution in [0.4, 0.5) is 5.69 Å². The van der Waals surface area contributed by atoms with Crippen molar-refractivity contribution in [1.82, 2.24) is 5.32 Å². The Bertz CT molecular complexity index is 711. The molecular formula is C17H19N3O3. The third-order valence-corrected chi connectivity index (χ3v) is 4.01. The van der Waals surface area contributed by atoms with Crippen molar-refractivity contribution >= 4 is 17.5 Å². The van der Waals surface area contributed by atoms with Gasteiger partial charge in [0, 0.05) is 11.7 Å². The number of hydrogen-bond donors (Lipinski definition) is 2. The van der Waals surface area contributed by atoms with E-state index >= 15 is 0 Å². The first kappa shape index (κ1) is 15.3. The molecule has 0 bridgehead atoms. The van der Waals surface area contributed by atoms with Crippen LogP contribution in [0.15, 0.2) is 47.1 Å². The van der Waals surface area contributed by atoms with Gasteiger partial charge in [0.1, 0.15) is 18.1 Å². The van der Waals surface area contributed by atoms with Gasteiger partial charge in [-0.1, -0.05) is 18.2 Å². The number of nitrogens with two attached hydrogens (primary N) is 1. The van der Waals surface area contributed by atoms with E-state index in [1.165, 1.54) is 6.26 Å². The molecule has 2 unspecified atom stereocenters. The maximum Gasteiger partial charge on any atom is 0.255 e. The largest absolute Gasteiger partial charge is 0.467 e. The molecule has 1 aliphatic rings. The number of carbonyl (C=O) groups is 2. The molecule has 1 aromatic heterocycles. The summed E-state index contributed by atoms with van der Waals surface area (Å²) in [7, 11) is 0. The highest BCUT2D eigenvalue weighted by Crippen LogP contribution is 2.26. The Morgan fingerprint density at radius 1 is 1.39 bits per heavy atom. The van der Waals surface area contributed by atoms with E-state index in [-0.39, 0.29) is 24.4 Å². The highest BCUT2D eigenvalue weighted by atomic mass is 16.3. The fraction of sp³-hybridized carbons (Fsp3) is 0.294. The highest BCUT2D eigenvalue weighted by Gasteiger charge is 2.38. The summed E-state index contributed by atoms with van der Waals surface area (Å²) in [6.45, 7) is 2.20. The summed E-state index contributed by atoms with van der Waals surface area (Å²) in [5.41, 5.74) is 6.69. The quantitative estimate of drug-likeness (QED) is 0.898. The number of nitrogens with one attached hydrogen (secondary N) is 1. The number of hydrogen-bond acceptors (Lipinski definition) is 4. The van der Waals surface area contributed by atoms with Gasteiger partial charge in [-0.25, -0.2) is 0 Å². The van der Waals surface area contributed by atoms with E-state index in [2.05, 4.69) is 5.32 Å². The standard InChI is InChI=1S/C17H19N3O3/c1-11-7-15(17(22)20(11)13-5-3-2-4-6-13)19-16(21)12-8-14(9-18)23-10-12/h2-6,8,10-11,15H,7,9,18H2,1H3,(H,19,21). The smallest absolute Gasteiger partial charge is 0.255 e. The Morgan fingerprint density at radius 3 is 2.78 bits per heavy atom. The van der Waals surface area contributed by atoms with Crippen LogP contribution in [0.25, 0.3) is 0 Å². The van der Waals surface area contributed by atoms with Gasteiger partial charge in [-0.2, -0.15) is 0 Å². The minimum Gasteiger partial charge on any atom is -0.467 e. The summed E-state index contributed by atoms with van der Waals surface area (Å²) in [5, 5.41) is 2.78. The van der Waals surface area contributed by atoms with Crippen LogP contribution >= 0.6 is 0 Å². The van der Waals surface area contributed by atoms with Crippen LogP contribution < -0.4 is 16.0 Å². The van der Waals surface area contributed by atoms with Crippen molar-refractivity contribution in [2.24, 2.45) is 5.73 Å². The summed E-state index contributed by atoms with van der Waals surface area (Å²) < 4.78 is 5.16. The molecule has 2 atom stereocenters. The molecule has 6 nitrogen and oxygen atoms in total. The van der Waals surface area contributed by atoms with Crippen molar-refractivity contribution in [2.45, 2.75) is 32.0 Å². The fourth-order valence-electron chi connectivity index (χ4n) is 2.87. The van der Waals surface area contributed by atoms with Crippen molar-refractivity contribution in [3.05, 3.63) is 54.0 Å². The number of benzene rings is 1. The number of rotatable bonds is 4. The van der Waals surface area contributed by atoms with Crippen molar-refractivity contribution in [3.8, 4) is 0 Å². The van der Waals surface area contributed by atoms with Gasteiger partial charge in [0.05, 0.1) is 12.1 Å². The second kappa shape index (κ2) is 6.26. The predicted molar refractivity (Wildman–Crippen MR) is 85.9 cm³/mol. The average Bonchev–Trinajstić information content (AvgIpc) is 3.14. The lowest BCUT2D eigenvalue weighted by molar-refractivity contribution is -0.118. The molecule has 23 heavy (non-hydrogen) atoms. The molecule has 3 rings (SSSR count). The third-order valence-electron chi connectivity index (χ3n) is 4.01. The molecule has 3 N–H and O–H groups in total. The van der Waals surface area contributed by atoms with Crippen LogP contribution in [0.3, 0.4) is 0 Å². The van der Waals surface area contributed by atoms with E-state index in [1.807, 2.05) is 37.3 Å². The summed E-state index contributed by atoms with van der Waals surface area (Å²) >= 11 is 0.